The summed E-state index contributed by atoms with van der Waals surface area (Å²) < 4.78 is 0. The van der Waals surface area contributed by atoms with Gasteiger partial charge in [0, 0.05) is 6.04 Å². The Bertz CT molecular complexity index is 315. The predicted octanol–water partition coefficient (Wildman–Crippen LogP) is 3.90. The van der Waals surface area contributed by atoms with E-state index in [0.717, 1.165) is 0 Å². The molecule has 1 heterocycles. The Morgan fingerprint density at radius 3 is 2.38 bits per heavy atom. The lowest BCUT2D eigenvalue weighted by atomic mass is 9.95. The molecule has 0 amide bonds. The van der Waals surface area contributed by atoms with E-state index >= 15 is 0 Å². The van der Waals surface area contributed by atoms with Crippen molar-refractivity contribution < 1.29 is 0 Å². The van der Waals surface area contributed by atoms with E-state index in [4.69, 9.17) is 0 Å². The zero-order valence-electron chi connectivity index (χ0n) is 10.6. The van der Waals surface area contributed by atoms with Gasteiger partial charge in [0.2, 0.25) is 0 Å². The van der Waals surface area contributed by atoms with E-state index in [2.05, 4.69) is 37.4 Å². The molecule has 1 aromatic carbocycles. The fourth-order valence-electron chi connectivity index (χ4n) is 2.70. The van der Waals surface area contributed by atoms with Crippen molar-refractivity contribution in [1.82, 2.24) is 5.32 Å². The summed E-state index contributed by atoms with van der Waals surface area (Å²) in [4.78, 5) is 0. The van der Waals surface area contributed by atoms with E-state index < -0.39 is 0 Å². The maximum absolute atomic E-state index is 3.69. The second kappa shape index (κ2) is 5.49. The predicted molar refractivity (Wildman–Crippen MR) is 69.7 cm³/mol. The summed E-state index contributed by atoms with van der Waals surface area (Å²) in [7, 11) is 0. The lowest BCUT2D eigenvalue weighted by molar-refractivity contribution is 0.427. The topological polar surface area (TPSA) is 12.0 Å². The standard InChI is InChI=1S/C15H23N/c1-12-9-13(2)11-14(10-12)15-7-5-3-4-6-8-16-15/h9-11,15-16H,3-8H2,1-2H3. The molecule has 1 fully saturated rings. The molecule has 0 aliphatic carbocycles. The molecule has 1 saturated heterocycles. The van der Waals surface area contributed by atoms with Crippen molar-refractivity contribution in [2.24, 2.45) is 0 Å². The molecule has 0 bridgehead atoms. The fourth-order valence-corrected chi connectivity index (χ4v) is 2.70. The lowest BCUT2D eigenvalue weighted by Gasteiger charge is -2.22. The molecule has 1 aliphatic rings. The molecule has 1 aliphatic heterocycles. The molecule has 0 spiro atoms. The number of rotatable bonds is 1. The highest BCUT2D eigenvalue weighted by Gasteiger charge is 2.12. The Kier molecular flexibility index (Phi) is 4.00. The Balaban J connectivity index is 2.13. The van der Waals surface area contributed by atoms with Crippen LogP contribution in [0.4, 0.5) is 0 Å². The SMILES string of the molecule is Cc1cc(C)cc(C2CCCCCCN2)c1. The number of benzene rings is 1. The smallest absolute Gasteiger partial charge is 0.0320 e. The molecule has 2 rings (SSSR count). The van der Waals surface area contributed by atoms with Crippen LogP contribution in [0, 0.1) is 13.8 Å². The molecule has 1 heteroatoms. The van der Waals surface area contributed by atoms with Gasteiger partial charge in [-0.3, -0.25) is 0 Å². The molecule has 1 unspecified atom stereocenters. The van der Waals surface area contributed by atoms with E-state index in [0.29, 0.717) is 6.04 Å². The van der Waals surface area contributed by atoms with Gasteiger partial charge in [0.1, 0.15) is 0 Å². The zero-order valence-corrected chi connectivity index (χ0v) is 10.6. The molecule has 0 aromatic heterocycles. The maximum atomic E-state index is 3.69. The van der Waals surface area contributed by atoms with Crippen LogP contribution >= 0.6 is 0 Å². The molecule has 1 N–H and O–H groups in total. The summed E-state index contributed by atoms with van der Waals surface area (Å²) >= 11 is 0. The molecule has 0 saturated carbocycles. The minimum atomic E-state index is 0.582. The second-order valence-electron chi connectivity index (χ2n) is 5.13. The van der Waals surface area contributed by atoms with Crippen LogP contribution in [0.25, 0.3) is 0 Å². The Morgan fingerprint density at radius 2 is 1.62 bits per heavy atom. The van der Waals surface area contributed by atoms with Gasteiger partial charge < -0.3 is 5.32 Å². The van der Waals surface area contributed by atoms with Crippen molar-refractivity contribution in [3.05, 3.63) is 34.9 Å². The third-order valence-corrected chi connectivity index (χ3v) is 3.46. The van der Waals surface area contributed by atoms with E-state index in [-0.39, 0.29) is 0 Å². The van der Waals surface area contributed by atoms with Crippen LogP contribution in [-0.4, -0.2) is 6.54 Å². The van der Waals surface area contributed by atoms with Crippen LogP contribution < -0.4 is 5.32 Å². The monoisotopic (exact) mass is 217 g/mol. The molecule has 1 aromatic rings. The average Bonchev–Trinajstić information content (AvgIpc) is 2.14. The van der Waals surface area contributed by atoms with Gasteiger partial charge in [-0.1, -0.05) is 48.6 Å². The van der Waals surface area contributed by atoms with Gasteiger partial charge in [0.15, 0.2) is 0 Å². The maximum Gasteiger partial charge on any atom is 0.0320 e. The Morgan fingerprint density at radius 1 is 0.938 bits per heavy atom. The largest absolute Gasteiger partial charge is 0.310 e. The summed E-state index contributed by atoms with van der Waals surface area (Å²) in [6.07, 6.45) is 6.80. The van der Waals surface area contributed by atoms with E-state index in [1.807, 2.05) is 0 Å². The first-order valence-corrected chi connectivity index (χ1v) is 6.57. The van der Waals surface area contributed by atoms with Crippen molar-refractivity contribution in [3.63, 3.8) is 0 Å². The minimum absolute atomic E-state index is 0.582. The molecular formula is C15H23N. The average molecular weight is 217 g/mol. The fraction of sp³-hybridized carbons (Fsp3) is 0.600. The van der Waals surface area contributed by atoms with Crippen LogP contribution in [-0.2, 0) is 0 Å². The summed E-state index contributed by atoms with van der Waals surface area (Å²) in [6, 6.07) is 7.52. The van der Waals surface area contributed by atoms with Crippen molar-refractivity contribution in [3.8, 4) is 0 Å². The highest BCUT2D eigenvalue weighted by Crippen LogP contribution is 2.24. The summed E-state index contributed by atoms with van der Waals surface area (Å²) in [5, 5.41) is 3.69. The number of hydrogen-bond acceptors (Lipinski definition) is 1. The normalized spacial score (nSPS) is 22.5. The first kappa shape index (κ1) is 11.7. The van der Waals surface area contributed by atoms with Crippen molar-refractivity contribution >= 4 is 0 Å². The summed E-state index contributed by atoms with van der Waals surface area (Å²) in [5.41, 5.74) is 4.26. The van der Waals surface area contributed by atoms with Crippen molar-refractivity contribution in [1.29, 1.82) is 0 Å². The molecular weight excluding hydrogens is 194 g/mol. The van der Waals surface area contributed by atoms with Gasteiger partial charge in [-0.25, -0.2) is 0 Å². The van der Waals surface area contributed by atoms with Gasteiger partial charge in [-0.15, -0.1) is 0 Å². The Labute approximate surface area is 99.3 Å². The zero-order chi connectivity index (χ0) is 11.4. The number of hydrogen-bond donors (Lipinski definition) is 1. The third-order valence-electron chi connectivity index (χ3n) is 3.46. The first-order chi connectivity index (χ1) is 7.75. The molecule has 88 valence electrons. The molecule has 1 nitrogen and oxygen atoms in total. The lowest BCUT2D eigenvalue weighted by Crippen LogP contribution is -2.24. The first-order valence-electron chi connectivity index (χ1n) is 6.57. The summed E-state index contributed by atoms with van der Waals surface area (Å²) in [6.45, 7) is 5.57. The Hall–Kier alpha value is -0.820. The van der Waals surface area contributed by atoms with E-state index in [1.165, 1.54) is 55.3 Å². The quantitative estimate of drug-likeness (QED) is 0.752. The van der Waals surface area contributed by atoms with Gasteiger partial charge in [-0.05, 0) is 38.8 Å². The number of aryl methyl sites for hydroxylation is 2. The molecule has 1 atom stereocenters. The van der Waals surface area contributed by atoms with E-state index in [1.54, 1.807) is 0 Å². The van der Waals surface area contributed by atoms with Gasteiger partial charge in [0.05, 0.1) is 0 Å². The van der Waals surface area contributed by atoms with Crippen LogP contribution in [0.15, 0.2) is 18.2 Å². The molecule has 0 radical (unpaired) electrons. The van der Waals surface area contributed by atoms with Crippen LogP contribution in [0.5, 0.6) is 0 Å². The van der Waals surface area contributed by atoms with Crippen molar-refractivity contribution in [2.45, 2.75) is 52.0 Å². The highest BCUT2D eigenvalue weighted by atomic mass is 14.9. The van der Waals surface area contributed by atoms with Crippen LogP contribution in [0.1, 0.15) is 54.8 Å². The molecule has 16 heavy (non-hydrogen) atoms. The van der Waals surface area contributed by atoms with E-state index in [9.17, 15) is 0 Å². The van der Waals surface area contributed by atoms with Crippen LogP contribution in [0.3, 0.4) is 0 Å². The van der Waals surface area contributed by atoms with Gasteiger partial charge in [-0.2, -0.15) is 0 Å². The summed E-state index contributed by atoms with van der Waals surface area (Å²) in [5.74, 6) is 0. The van der Waals surface area contributed by atoms with Crippen molar-refractivity contribution in [2.75, 3.05) is 6.54 Å². The minimum Gasteiger partial charge on any atom is -0.310 e. The highest BCUT2D eigenvalue weighted by molar-refractivity contribution is 5.30. The van der Waals surface area contributed by atoms with Gasteiger partial charge >= 0.3 is 0 Å². The third kappa shape index (κ3) is 3.08. The van der Waals surface area contributed by atoms with Gasteiger partial charge in [0.25, 0.3) is 0 Å². The van der Waals surface area contributed by atoms with Crippen LogP contribution in [0.2, 0.25) is 0 Å². The second-order valence-corrected chi connectivity index (χ2v) is 5.13. The number of nitrogens with one attached hydrogen (secondary N) is 1.